The van der Waals surface area contributed by atoms with Crippen LogP contribution in [-0.2, 0) is 9.53 Å². The lowest BCUT2D eigenvalue weighted by atomic mass is 9.66. The van der Waals surface area contributed by atoms with Gasteiger partial charge in [-0.05, 0) is 29.9 Å². The van der Waals surface area contributed by atoms with Crippen molar-refractivity contribution in [2.24, 2.45) is 11.8 Å². The van der Waals surface area contributed by atoms with E-state index >= 15 is 0 Å². The second-order valence-electron chi connectivity index (χ2n) is 5.82. The number of para-hydroxylation sites is 1. The monoisotopic (exact) mass is 259 g/mol. The van der Waals surface area contributed by atoms with E-state index < -0.39 is 0 Å². The largest absolute Gasteiger partial charge is 0.469 e. The third-order valence-corrected chi connectivity index (χ3v) is 4.77. The second-order valence-corrected chi connectivity index (χ2v) is 5.82. The van der Waals surface area contributed by atoms with Crippen molar-refractivity contribution in [2.45, 2.75) is 38.1 Å². The first-order valence-electron chi connectivity index (χ1n) is 7.15. The summed E-state index contributed by atoms with van der Waals surface area (Å²) >= 11 is 0. The zero-order valence-corrected chi connectivity index (χ0v) is 11.6. The number of esters is 1. The fourth-order valence-corrected chi connectivity index (χ4v) is 3.89. The van der Waals surface area contributed by atoms with Crippen molar-refractivity contribution in [3.05, 3.63) is 29.8 Å². The van der Waals surface area contributed by atoms with E-state index in [1.807, 2.05) is 12.1 Å². The topological polar surface area (TPSA) is 38.3 Å². The van der Waals surface area contributed by atoms with Gasteiger partial charge in [-0.3, -0.25) is 4.79 Å². The summed E-state index contributed by atoms with van der Waals surface area (Å²) in [5.74, 6) is 0.722. The second kappa shape index (κ2) is 4.87. The number of rotatable bonds is 1. The van der Waals surface area contributed by atoms with E-state index in [-0.39, 0.29) is 11.9 Å². The first-order chi connectivity index (χ1) is 9.22. The number of fused-ring (bicyclic) bond motifs is 2. The molecule has 1 aromatic rings. The van der Waals surface area contributed by atoms with Crippen molar-refractivity contribution in [1.82, 2.24) is 0 Å². The maximum Gasteiger partial charge on any atom is 0.313 e. The van der Waals surface area contributed by atoms with Gasteiger partial charge in [0.2, 0.25) is 0 Å². The molecule has 0 amide bonds. The molecule has 19 heavy (non-hydrogen) atoms. The standard InChI is InChI=1S/C16H21NO2/c1-10-6-5-9-13-14(10)15(16(18)19-2)11-7-3-4-8-12(11)17-13/h3-4,7-8,10,13-15,17H,5-6,9H2,1-2H3/t10-,13+,14-,15+/m0/s1. The number of methoxy groups -OCH3 is 1. The first kappa shape index (κ1) is 12.5. The van der Waals surface area contributed by atoms with Crippen LogP contribution < -0.4 is 5.32 Å². The number of hydrogen-bond donors (Lipinski definition) is 1. The smallest absolute Gasteiger partial charge is 0.313 e. The minimum atomic E-state index is -0.109. The van der Waals surface area contributed by atoms with E-state index in [4.69, 9.17) is 4.74 Å². The van der Waals surface area contributed by atoms with E-state index in [1.165, 1.54) is 20.0 Å². The van der Waals surface area contributed by atoms with Gasteiger partial charge < -0.3 is 10.1 Å². The Balaban J connectivity index is 2.06. The van der Waals surface area contributed by atoms with Crippen molar-refractivity contribution >= 4 is 11.7 Å². The number of benzene rings is 1. The molecule has 2 aliphatic rings. The average molecular weight is 259 g/mol. The van der Waals surface area contributed by atoms with Gasteiger partial charge >= 0.3 is 5.97 Å². The van der Waals surface area contributed by atoms with Gasteiger partial charge in [0.15, 0.2) is 0 Å². The Morgan fingerprint density at radius 1 is 1.32 bits per heavy atom. The molecule has 1 saturated carbocycles. The molecule has 0 saturated heterocycles. The Labute approximate surface area is 114 Å². The number of ether oxygens (including phenoxy) is 1. The predicted molar refractivity (Wildman–Crippen MR) is 75.1 cm³/mol. The quantitative estimate of drug-likeness (QED) is 0.787. The van der Waals surface area contributed by atoms with Crippen LogP contribution in [0.1, 0.15) is 37.7 Å². The Morgan fingerprint density at radius 2 is 2.11 bits per heavy atom. The number of anilines is 1. The summed E-state index contributed by atoms with van der Waals surface area (Å²) in [6, 6.07) is 8.56. The Hall–Kier alpha value is -1.51. The molecule has 1 aromatic carbocycles. The highest BCUT2D eigenvalue weighted by molar-refractivity contribution is 5.82. The fraction of sp³-hybridized carbons (Fsp3) is 0.562. The van der Waals surface area contributed by atoms with Crippen LogP contribution in [0.5, 0.6) is 0 Å². The van der Waals surface area contributed by atoms with Gasteiger partial charge in [0.1, 0.15) is 0 Å². The molecule has 3 heteroatoms. The van der Waals surface area contributed by atoms with E-state index in [1.54, 1.807) is 0 Å². The van der Waals surface area contributed by atoms with E-state index in [0.717, 1.165) is 17.7 Å². The van der Waals surface area contributed by atoms with Crippen LogP contribution in [0.15, 0.2) is 24.3 Å². The van der Waals surface area contributed by atoms with Gasteiger partial charge in [0.25, 0.3) is 0 Å². The highest BCUT2D eigenvalue weighted by atomic mass is 16.5. The Morgan fingerprint density at radius 3 is 2.89 bits per heavy atom. The molecular formula is C16H21NO2. The fourth-order valence-electron chi connectivity index (χ4n) is 3.89. The summed E-state index contributed by atoms with van der Waals surface area (Å²) in [5.41, 5.74) is 2.21. The Kier molecular flexibility index (Phi) is 3.21. The minimum absolute atomic E-state index is 0.0855. The zero-order chi connectivity index (χ0) is 13.4. The third kappa shape index (κ3) is 2.01. The SMILES string of the molecule is COC(=O)[C@@H]1c2ccccc2N[C@@H]2CCC[C@H](C)[C@H]12. The molecule has 1 aliphatic heterocycles. The van der Waals surface area contributed by atoms with Crippen molar-refractivity contribution in [1.29, 1.82) is 0 Å². The van der Waals surface area contributed by atoms with Crippen molar-refractivity contribution in [3.63, 3.8) is 0 Å². The van der Waals surface area contributed by atoms with Gasteiger partial charge in [-0.25, -0.2) is 0 Å². The molecule has 0 radical (unpaired) electrons. The third-order valence-electron chi connectivity index (χ3n) is 4.77. The molecule has 1 fully saturated rings. The van der Waals surface area contributed by atoms with Crippen LogP contribution in [0, 0.1) is 11.8 Å². The van der Waals surface area contributed by atoms with E-state index in [9.17, 15) is 4.79 Å². The number of hydrogen-bond acceptors (Lipinski definition) is 3. The molecule has 1 N–H and O–H groups in total. The van der Waals surface area contributed by atoms with Crippen LogP contribution >= 0.6 is 0 Å². The van der Waals surface area contributed by atoms with Crippen LogP contribution in [0.4, 0.5) is 5.69 Å². The predicted octanol–water partition coefficient (Wildman–Crippen LogP) is 3.17. The molecule has 0 unspecified atom stereocenters. The lowest BCUT2D eigenvalue weighted by molar-refractivity contribution is -0.145. The molecule has 3 nitrogen and oxygen atoms in total. The normalized spacial score (nSPS) is 32.7. The van der Waals surface area contributed by atoms with Crippen LogP contribution in [0.2, 0.25) is 0 Å². The Bertz CT molecular complexity index is 485. The van der Waals surface area contributed by atoms with Crippen LogP contribution in [0.25, 0.3) is 0 Å². The summed E-state index contributed by atoms with van der Waals surface area (Å²) in [6.07, 6.45) is 3.60. The van der Waals surface area contributed by atoms with E-state index in [2.05, 4.69) is 24.4 Å². The lowest BCUT2D eigenvalue weighted by Crippen LogP contribution is -2.46. The van der Waals surface area contributed by atoms with Gasteiger partial charge in [0, 0.05) is 11.7 Å². The highest BCUT2D eigenvalue weighted by Crippen LogP contribution is 2.47. The average Bonchev–Trinajstić information content (AvgIpc) is 2.44. The summed E-state index contributed by atoms with van der Waals surface area (Å²) in [4.78, 5) is 12.3. The molecule has 3 rings (SSSR count). The van der Waals surface area contributed by atoms with Crippen molar-refractivity contribution in [2.75, 3.05) is 12.4 Å². The lowest BCUT2D eigenvalue weighted by Gasteiger charge is -2.45. The zero-order valence-electron chi connectivity index (χ0n) is 11.6. The van der Waals surface area contributed by atoms with Gasteiger partial charge in [-0.15, -0.1) is 0 Å². The molecule has 1 heterocycles. The van der Waals surface area contributed by atoms with Gasteiger partial charge in [-0.1, -0.05) is 38.0 Å². The molecule has 4 atom stereocenters. The summed E-state index contributed by atoms with van der Waals surface area (Å²) in [6.45, 7) is 2.27. The maximum absolute atomic E-state index is 12.3. The maximum atomic E-state index is 12.3. The van der Waals surface area contributed by atoms with Crippen molar-refractivity contribution < 1.29 is 9.53 Å². The molecule has 0 bridgehead atoms. The number of carbonyl (C=O) groups is 1. The molecule has 0 spiro atoms. The number of carbonyl (C=O) groups excluding carboxylic acids is 1. The minimum Gasteiger partial charge on any atom is -0.469 e. The van der Waals surface area contributed by atoms with Crippen LogP contribution in [0.3, 0.4) is 0 Å². The van der Waals surface area contributed by atoms with Gasteiger partial charge in [-0.2, -0.15) is 0 Å². The van der Waals surface area contributed by atoms with Gasteiger partial charge in [0.05, 0.1) is 13.0 Å². The summed E-state index contributed by atoms with van der Waals surface area (Å²) in [5, 5.41) is 3.63. The van der Waals surface area contributed by atoms with Crippen LogP contribution in [-0.4, -0.2) is 19.1 Å². The molecular weight excluding hydrogens is 238 g/mol. The van der Waals surface area contributed by atoms with Crippen molar-refractivity contribution in [3.8, 4) is 0 Å². The summed E-state index contributed by atoms with van der Waals surface area (Å²) < 4.78 is 5.08. The molecule has 0 aromatic heterocycles. The molecule has 102 valence electrons. The molecule has 1 aliphatic carbocycles. The van der Waals surface area contributed by atoms with E-state index in [0.29, 0.717) is 17.9 Å². The number of nitrogens with one attached hydrogen (secondary N) is 1. The highest BCUT2D eigenvalue weighted by Gasteiger charge is 2.45. The summed E-state index contributed by atoms with van der Waals surface area (Å²) in [7, 11) is 1.50. The first-order valence-corrected chi connectivity index (χ1v) is 7.15.